The summed E-state index contributed by atoms with van der Waals surface area (Å²) in [6.45, 7) is 0. The highest BCUT2D eigenvalue weighted by Crippen LogP contribution is 2.25. The Hall–Kier alpha value is -1.14. The Morgan fingerprint density at radius 2 is 2.20 bits per heavy atom. The average Bonchev–Trinajstić information content (AvgIpc) is 2.41. The van der Waals surface area contributed by atoms with Gasteiger partial charge in [0.05, 0.1) is 11.5 Å². The van der Waals surface area contributed by atoms with E-state index in [0.29, 0.717) is 22.9 Å². The van der Waals surface area contributed by atoms with E-state index >= 15 is 0 Å². The summed E-state index contributed by atoms with van der Waals surface area (Å²) < 4.78 is 0.666. The summed E-state index contributed by atoms with van der Waals surface area (Å²) >= 11 is 9.14. The second-order valence-corrected chi connectivity index (χ2v) is 6.14. The van der Waals surface area contributed by atoms with E-state index in [2.05, 4.69) is 26.2 Å². The highest BCUT2D eigenvalue weighted by Gasteiger charge is 2.28. The van der Waals surface area contributed by atoms with Crippen LogP contribution in [0.2, 0.25) is 5.15 Å². The first-order chi connectivity index (χ1) is 9.47. The van der Waals surface area contributed by atoms with Crippen molar-refractivity contribution in [1.29, 1.82) is 0 Å². The Bertz CT molecular complexity index is 538. The topological polar surface area (TPSA) is 79.3 Å². The maximum atomic E-state index is 12.2. The SMILES string of the molecule is O=C(NC1CCCC(C(=O)O)C1)c1cc(Br)cnc1Cl. The largest absolute Gasteiger partial charge is 0.481 e. The number of carboxylic acid groups (broad SMARTS) is 1. The van der Waals surface area contributed by atoms with Crippen LogP contribution in [0.5, 0.6) is 0 Å². The van der Waals surface area contributed by atoms with E-state index in [-0.39, 0.29) is 23.0 Å². The fourth-order valence-corrected chi connectivity index (χ4v) is 2.91. The molecule has 2 unspecified atom stereocenters. The second-order valence-electron chi connectivity index (χ2n) is 4.86. The van der Waals surface area contributed by atoms with Crippen LogP contribution in [0.3, 0.4) is 0 Å². The van der Waals surface area contributed by atoms with Crippen LogP contribution in [-0.2, 0) is 4.79 Å². The summed E-state index contributed by atoms with van der Waals surface area (Å²) in [7, 11) is 0. The van der Waals surface area contributed by atoms with Crippen LogP contribution in [0.1, 0.15) is 36.0 Å². The summed E-state index contributed by atoms with van der Waals surface area (Å²) in [5.74, 6) is -1.50. The molecule has 0 aromatic carbocycles. The lowest BCUT2D eigenvalue weighted by atomic mass is 9.85. The summed E-state index contributed by atoms with van der Waals surface area (Å²) in [6.07, 6.45) is 4.22. The van der Waals surface area contributed by atoms with Gasteiger partial charge in [-0.15, -0.1) is 0 Å². The molecule has 20 heavy (non-hydrogen) atoms. The van der Waals surface area contributed by atoms with Crippen molar-refractivity contribution < 1.29 is 14.7 Å². The maximum absolute atomic E-state index is 12.2. The van der Waals surface area contributed by atoms with Gasteiger partial charge in [0.1, 0.15) is 5.15 Å². The van der Waals surface area contributed by atoms with Crippen molar-refractivity contribution in [2.45, 2.75) is 31.7 Å². The summed E-state index contributed by atoms with van der Waals surface area (Å²) in [5.41, 5.74) is 0.290. The van der Waals surface area contributed by atoms with E-state index in [9.17, 15) is 9.59 Å². The zero-order valence-electron chi connectivity index (χ0n) is 10.6. The number of halogens is 2. The lowest BCUT2D eigenvalue weighted by molar-refractivity contribution is -0.143. The van der Waals surface area contributed by atoms with Crippen molar-refractivity contribution >= 4 is 39.4 Å². The lowest BCUT2D eigenvalue weighted by Crippen LogP contribution is -2.40. The van der Waals surface area contributed by atoms with Crippen molar-refractivity contribution in [3.63, 3.8) is 0 Å². The molecule has 108 valence electrons. The van der Waals surface area contributed by atoms with E-state index in [1.807, 2.05) is 0 Å². The Balaban J connectivity index is 2.04. The van der Waals surface area contributed by atoms with Crippen LogP contribution in [0.15, 0.2) is 16.7 Å². The molecule has 1 saturated carbocycles. The normalized spacial score (nSPS) is 22.3. The zero-order valence-corrected chi connectivity index (χ0v) is 12.9. The number of carbonyl (C=O) groups excluding carboxylic acids is 1. The van der Waals surface area contributed by atoms with Gasteiger partial charge in [-0.2, -0.15) is 0 Å². The lowest BCUT2D eigenvalue weighted by Gasteiger charge is -2.27. The molecule has 7 heteroatoms. The Morgan fingerprint density at radius 1 is 1.45 bits per heavy atom. The first kappa shape index (κ1) is 15.3. The Morgan fingerprint density at radius 3 is 2.90 bits per heavy atom. The van der Waals surface area contributed by atoms with Crippen LogP contribution < -0.4 is 5.32 Å². The number of pyridine rings is 1. The standard InChI is InChI=1S/C13H14BrClN2O3/c14-8-5-10(11(15)16-6-8)12(18)17-9-3-1-2-7(4-9)13(19)20/h5-7,9H,1-4H2,(H,17,18)(H,19,20). The molecular formula is C13H14BrClN2O3. The summed E-state index contributed by atoms with van der Waals surface area (Å²) in [5, 5.41) is 12.0. The molecule has 0 aliphatic heterocycles. The quantitative estimate of drug-likeness (QED) is 0.811. The molecule has 0 saturated heterocycles. The van der Waals surface area contributed by atoms with Gasteiger partial charge in [0.15, 0.2) is 0 Å². The molecule has 0 radical (unpaired) electrons. The fraction of sp³-hybridized carbons (Fsp3) is 0.462. The third kappa shape index (κ3) is 3.70. The van der Waals surface area contributed by atoms with Gasteiger partial charge in [-0.1, -0.05) is 18.0 Å². The van der Waals surface area contributed by atoms with E-state index in [0.717, 1.165) is 12.8 Å². The molecule has 2 rings (SSSR count). The van der Waals surface area contributed by atoms with Crippen molar-refractivity contribution in [1.82, 2.24) is 10.3 Å². The van der Waals surface area contributed by atoms with E-state index in [4.69, 9.17) is 16.7 Å². The third-order valence-electron chi connectivity index (χ3n) is 3.41. The number of nitrogens with one attached hydrogen (secondary N) is 1. The molecular weight excluding hydrogens is 348 g/mol. The van der Waals surface area contributed by atoms with Gasteiger partial charge in [-0.25, -0.2) is 4.98 Å². The van der Waals surface area contributed by atoms with Crippen LogP contribution >= 0.6 is 27.5 Å². The summed E-state index contributed by atoms with van der Waals surface area (Å²) in [6, 6.07) is 1.47. The van der Waals surface area contributed by atoms with Gasteiger partial charge in [0.25, 0.3) is 5.91 Å². The van der Waals surface area contributed by atoms with Gasteiger partial charge < -0.3 is 10.4 Å². The van der Waals surface area contributed by atoms with Gasteiger partial charge in [-0.3, -0.25) is 9.59 Å². The third-order valence-corrected chi connectivity index (χ3v) is 4.14. The highest BCUT2D eigenvalue weighted by molar-refractivity contribution is 9.10. The summed E-state index contributed by atoms with van der Waals surface area (Å²) in [4.78, 5) is 27.1. The molecule has 1 fully saturated rings. The number of amides is 1. The van der Waals surface area contributed by atoms with Gasteiger partial charge in [0, 0.05) is 16.7 Å². The molecule has 1 aliphatic rings. The van der Waals surface area contributed by atoms with Crippen molar-refractivity contribution in [3.8, 4) is 0 Å². The predicted molar refractivity (Wildman–Crippen MR) is 77.8 cm³/mol. The van der Waals surface area contributed by atoms with E-state index in [1.165, 1.54) is 6.20 Å². The minimum absolute atomic E-state index is 0.132. The molecule has 0 bridgehead atoms. The van der Waals surface area contributed by atoms with E-state index in [1.54, 1.807) is 6.07 Å². The molecule has 1 heterocycles. The average molecular weight is 362 g/mol. The minimum atomic E-state index is -0.800. The number of rotatable bonds is 3. The molecule has 1 aliphatic carbocycles. The van der Waals surface area contributed by atoms with Crippen molar-refractivity contribution in [2.75, 3.05) is 0 Å². The smallest absolute Gasteiger partial charge is 0.306 e. The van der Waals surface area contributed by atoms with Crippen molar-refractivity contribution in [2.24, 2.45) is 5.92 Å². The Labute approximate surface area is 129 Å². The maximum Gasteiger partial charge on any atom is 0.306 e. The van der Waals surface area contributed by atoms with Crippen molar-refractivity contribution in [3.05, 3.63) is 27.5 Å². The molecule has 0 spiro atoms. The zero-order chi connectivity index (χ0) is 14.7. The second kappa shape index (κ2) is 6.54. The van der Waals surface area contributed by atoms with Gasteiger partial charge in [0.2, 0.25) is 0 Å². The Kier molecular flexibility index (Phi) is 4.99. The van der Waals surface area contributed by atoms with Gasteiger partial charge >= 0.3 is 5.97 Å². The molecule has 2 N–H and O–H groups in total. The highest BCUT2D eigenvalue weighted by atomic mass is 79.9. The predicted octanol–water partition coefficient (Wildman–Crippen LogP) is 2.87. The van der Waals surface area contributed by atoms with Crippen LogP contribution in [0.25, 0.3) is 0 Å². The number of carbonyl (C=O) groups is 2. The number of hydrogen-bond donors (Lipinski definition) is 2. The van der Waals surface area contributed by atoms with Crippen LogP contribution in [-0.4, -0.2) is 28.0 Å². The van der Waals surface area contributed by atoms with Gasteiger partial charge in [-0.05, 0) is 41.3 Å². The number of nitrogens with zero attached hydrogens (tertiary/aromatic N) is 1. The first-order valence-corrected chi connectivity index (χ1v) is 7.49. The molecule has 2 atom stereocenters. The number of aromatic nitrogens is 1. The van der Waals surface area contributed by atoms with Crippen LogP contribution in [0.4, 0.5) is 0 Å². The number of aliphatic carboxylic acids is 1. The molecule has 1 aromatic rings. The van der Waals surface area contributed by atoms with Crippen LogP contribution in [0, 0.1) is 5.92 Å². The minimum Gasteiger partial charge on any atom is -0.481 e. The molecule has 5 nitrogen and oxygen atoms in total. The first-order valence-electron chi connectivity index (χ1n) is 6.32. The number of carboxylic acids is 1. The molecule has 1 amide bonds. The molecule has 1 aromatic heterocycles. The van der Waals surface area contributed by atoms with E-state index < -0.39 is 5.97 Å². The number of hydrogen-bond acceptors (Lipinski definition) is 3. The fourth-order valence-electron chi connectivity index (χ4n) is 2.39. The monoisotopic (exact) mass is 360 g/mol.